The molecule has 5 heteroatoms. The minimum Gasteiger partial charge on any atom is -0.207 e. The van der Waals surface area contributed by atoms with Crippen LogP contribution in [0.2, 0.25) is 0 Å². The number of nitrogens with zero attached hydrogens (tertiary/aromatic N) is 1. The highest BCUT2D eigenvalue weighted by atomic mass is 127. The van der Waals surface area contributed by atoms with E-state index in [2.05, 4.69) is 29.5 Å². The molecule has 0 saturated carbocycles. The lowest BCUT2D eigenvalue weighted by Gasteiger charge is -2.24. The van der Waals surface area contributed by atoms with Crippen LogP contribution in [0.3, 0.4) is 0 Å². The van der Waals surface area contributed by atoms with Gasteiger partial charge in [0.2, 0.25) is 10.0 Å². The van der Waals surface area contributed by atoms with Gasteiger partial charge in [-0.15, -0.1) is 0 Å². The number of sulfonamides is 1. The van der Waals surface area contributed by atoms with Gasteiger partial charge < -0.3 is 0 Å². The van der Waals surface area contributed by atoms with Gasteiger partial charge in [0, 0.05) is 16.5 Å². The summed E-state index contributed by atoms with van der Waals surface area (Å²) in [5.74, 6) is 0. The fourth-order valence-corrected chi connectivity index (χ4v) is 5.54. The first kappa shape index (κ1) is 14.3. The van der Waals surface area contributed by atoms with Crippen molar-refractivity contribution in [3.8, 4) is 0 Å². The van der Waals surface area contributed by atoms with Crippen LogP contribution in [0.1, 0.15) is 25.3 Å². The first-order chi connectivity index (χ1) is 8.46. The van der Waals surface area contributed by atoms with Crippen molar-refractivity contribution in [1.82, 2.24) is 4.31 Å². The van der Waals surface area contributed by atoms with E-state index in [4.69, 9.17) is 0 Å². The molecule has 2 rings (SSSR count). The highest BCUT2D eigenvalue weighted by molar-refractivity contribution is 14.1. The van der Waals surface area contributed by atoms with Gasteiger partial charge in [-0.05, 0) is 31.9 Å². The van der Waals surface area contributed by atoms with Crippen molar-refractivity contribution in [1.29, 1.82) is 0 Å². The zero-order valence-electron chi connectivity index (χ0n) is 10.6. The smallest absolute Gasteiger partial charge is 0.207 e. The van der Waals surface area contributed by atoms with Gasteiger partial charge in [0.05, 0.1) is 4.90 Å². The molecule has 1 aliphatic rings. The van der Waals surface area contributed by atoms with Crippen LogP contribution in [-0.2, 0) is 10.0 Å². The maximum absolute atomic E-state index is 12.6. The zero-order chi connectivity index (χ0) is 13.3. The standard InChI is InChI=1S/C13H18INO2S/c1-3-13-12(14)8-9-15(13)18(16,17)11-6-4-10(2)5-7-11/h4-7,12-13H,3,8-9H2,1-2H3/t12-,13+/m0/s1. The van der Waals surface area contributed by atoms with E-state index in [9.17, 15) is 8.42 Å². The molecular weight excluding hydrogens is 361 g/mol. The summed E-state index contributed by atoms with van der Waals surface area (Å²) >= 11 is 2.37. The van der Waals surface area contributed by atoms with Gasteiger partial charge in [-0.1, -0.05) is 47.2 Å². The Hall–Kier alpha value is -0.140. The van der Waals surface area contributed by atoms with Crippen molar-refractivity contribution < 1.29 is 8.42 Å². The third-order valence-electron chi connectivity index (χ3n) is 3.46. The summed E-state index contributed by atoms with van der Waals surface area (Å²) in [4.78, 5) is 0.414. The van der Waals surface area contributed by atoms with Crippen molar-refractivity contribution in [2.24, 2.45) is 0 Å². The fourth-order valence-electron chi connectivity index (χ4n) is 2.39. The van der Waals surface area contributed by atoms with Gasteiger partial charge in [-0.2, -0.15) is 4.31 Å². The van der Waals surface area contributed by atoms with Crippen molar-refractivity contribution in [2.45, 2.75) is 41.6 Å². The summed E-state index contributed by atoms with van der Waals surface area (Å²) in [6.45, 7) is 4.66. The molecule has 1 aromatic carbocycles. The molecule has 0 radical (unpaired) electrons. The molecular formula is C13H18INO2S. The Morgan fingerprint density at radius 3 is 2.50 bits per heavy atom. The molecule has 0 amide bonds. The normalized spacial score (nSPS) is 25.5. The maximum Gasteiger partial charge on any atom is 0.243 e. The monoisotopic (exact) mass is 379 g/mol. The van der Waals surface area contributed by atoms with E-state index in [0.29, 0.717) is 15.4 Å². The second-order valence-electron chi connectivity index (χ2n) is 4.71. The number of halogens is 1. The Balaban J connectivity index is 2.34. The summed E-state index contributed by atoms with van der Waals surface area (Å²) in [6, 6.07) is 7.25. The van der Waals surface area contributed by atoms with Crippen LogP contribution >= 0.6 is 22.6 Å². The molecule has 0 aromatic heterocycles. The number of alkyl halides is 1. The number of hydrogen-bond acceptors (Lipinski definition) is 2. The van der Waals surface area contributed by atoms with Gasteiger partial charge >= 0.3 is 0 Å². The number of aryl methyl sites for hydroxylation is 1. The molecule has 0 N–H and O–H groups in total. The van der Waals surface area contributed by atoms with Gasteiger partial charge in [-0.3, -0.25) is 0 Å². The van der Waals surface area contributed by atoms with E-state index in [1.54, 1.807) is 16.4 Å². The lowest BCUT2D eigenvalue weighted by atomic mass is 10.2. The number of benzene rings is 1. The molecule has 1 saturated heterocycles. The van der Waals surface area contributed by atoms with E-state index >= 15 is 0 Å². The van der Waals surface area contributed by atoms with Crippen LogP contribution in [0.25, 0.3) is 0 Å². The molecule has 0 bridgehead atoms. The van der Waals surface area contributed by atoms with Gasteiger partial charge in [0.25, 0.3) is 0 Å². The predicted octanol–water partition coefficient (Wildman–Crippen LogP) is 2.97. The largest absolute Gasteiger partial charge is 0.243 e. The lowest BCUT2D eigenvalue weighted by Crippen LogP contribution is -2.37. The quantitative estimate of drug-likeness (QED) is 0.598. The van der Waals surface area contributed by atoms with Crippen LogP contribution in [0.4, 0.5) is 0 Å². The van der Waals surface area contributed by atoms with Crippen molar-refractivity contribution in [3.05, 3.63) is 29.8 Å². The Kier molecular flexibility index (Phi) is 4.33. The SMILES string of the molecule is CC[C@@H]1[C@@H](I)CCN1S(=O)(=O)c1ccc(C)cc1. The van der Waals surface area contributed by atoms with E-state index in [0.717, 1.165) is 18.4 Å². The zero-order valence-corrected chi connectivity index (χ0v) is 13.6. The van der Waals surface area contributed by atoms with Crippen LogP contribution in [0, 0.1) is 6.92 Å². The molecule has 1 fully saturated rings. The molecule has 0 aliphatic carbocycles. The molecule has 1 heterocycles. The molecule has 0 spiro atoms. The average molecular weight is 379 g/mol. The van der Waals surface area contributed by atoms with E-state index < -0.39 is 10.0 Å². The highest BCUT2D eigenvalue weighted by Crippen LogP contribution is 2.32. The number of hydrogen-bond donors (Lipinski definition) is 0. The first-order valence-electron chi connectivity index (χ1n) is 6.19. The minimum absolute atomic E-state index is 0.136. The Labute approximate surface area is 123 Å². The first-order valence-corrected chi connectivity index (χ1v) is 8.88. The summed E-state index contributed by atoms with van der Waals surface area (Å²) in [7, 11) is -3.32. The maximum atomic E-state index is 12.6. The molecule has 100 valence electrons. The van der Waals surface area contributed by atoms with E-state index in [1.165, 1.54) is 0 Å². The molecule has 2 atom stereocenters. The summed E-state index contributed by atoms with van der Waals surface area (Å²) in [6.07, 6.45) is 1.82. The Morgan fingerprint density at radius 1 is 1.33 bits per heavy atom. The summed E-state index contributed by atoms with van der Waals surface area (Å²) in [5.41, 5.74) is 1.08. The summed E-state index contributed by atoms with van der Waals surface area (Å²) < 4.78 is 27.3. The molecule has 3 nitrogen and oxygen atoms in total. The molecule has 0 unspecified atom stereocenters. The average Bonchev–Trinajstić information content (AvgIpc) is 2.71. The van der Waals surface area contributed by atoms with Crippen molar-refractivity contribution >= 4 is 32.6 Å². The fraction of sp³-hybridized carbons (Fsp3) is 0.538. The second kappa shape index (κ2) is 5.46. The predicted molar refractivity (Wildman–Crippen MR) is 81.6 cm³/mol. The van der Waals surface area contributed by atoms with E-state index in [1.807, 2.05) is 19.1 Å². The number of rotatable bonds is 3. The van der Waals surface area contributed by atoms with Gasteiger partial charge in [0.15, 0.2) is 0 Å². The Morgan fingerprint density at radius 2 is 1.94 bits per heavy atom. The van der Waals surface area contributed by atoms with Crippen LogP contribution < -0.4 is 0 Å². The van der Waals surface area contributed by atoms with Crippen LogP contribution in [0.15, 0.2) is 29.2 Å². The van der Waals surface area contributed by atoms with Gasteiger partial charge in [0.1, 0.15) is 0 Å². The molecule has 18 heavy (non-hydrogen) atoms. The highest BCUT2D eigenvalue weighted by Gasteiger charge is 2.39. The topological polar surface area (TPSA) is 37.4 Å². The van der Waals surface area contributed by atoms with Crippen LogP contribution in [-0.4, -0.2) is 29.2 Å². The second-order valence-corrected chi connectivity index (χ2v) is 8.20. The van der Waals surface area contributed by atoms with Crippen LogP contribution in [0.5, 0.6) is 0 Å². The van der Waals surface area contributed by atoms with Gasteiger partial charge in [-0.25, -0.2) is 8.42 Å². The third-order valence-corrected chi connectivity index (χ3v) is 6.85. The van der Waals surface area contributed by atoms with E-state index in [-0.39, 0.29) is 6.04 Å². The third kappa shape index (κ3) is 2.58. The summed E-state index contributed by atoms with van der Waals surface area (Å²) in [5, 5.41) is 0. The van der Waals surface area contributed by atoms with Crippen molar-refractivity contribution in [3.63, 3.8) is 0 Å². The minimum atomic E-state index is -3.32. The molecule has 1 aromatic rings. The lowest BCUT2D eigenvalue weighted by molar-refractivity contribution is 0.385. The Bertz CT molecular complexity index is 512. The molecule has 1 aliphatic heterocycles. The van der Waals surface area contributed by atoms with Crippen molar-refractivity contribution in [2.75, 3.05) is 6.54 Å².